The molecule has 0 aliphatic heterocycles. The van der Waals surface area contributed by atoms with Crippen molar-refractivity contribution < 1.29 is 58.4 Å². The standard InChI is InChI=1S/C19H28O5S.Na/c1-18-9-7-13(24-25(21,22)23)11-12(18)3-4-14-15-5-6-17(20)19(15,2)10-8-16(14)18;/h3,13-16H,4-11H2,1-2H3,(H,21,22,23);/q;+1/p-1/t13-,14-,15?,16?,18-,19-;/m0./s1/i7D2,11D2,13D;. The van der Waals surface area contributed by atoms with Crippen LogP contribution in [-0.4, -0.2) is 24.8 Å². The Bertz CT molecular complexity index is 940. The maximum atomic E-state index is 12.5. The van der Waals surface area contributed by atoms with E-state index in [0.717, 1.165) is 6.42 Å². The van der Waals surface area contributed by atoms with Crippen molar-refractivity contribution in [3.63, 3.8) is 0 Å². The largest absolute Gasteiger partial charge is 1.00 e. The van der Waals surface area contributed by atoms with Gasteiger partial charge in [0.25, 0.3) is 0 Å². The Kier molecular flexibility index (Phi) is 4.06. The molecule has 7 heteroatoms. The van der Waals surface area contributed by atoms with Crippen LogP contribution in [0.2, 0.25) is 0 Å². The number of carbonyl (C=O) groups is 1. The second-order valence-electron chi connectivity index (χ2n) is 8.37. The van der Waals surface area contributed by atoms with E-state index in [-0.39, 0.29) is 65.1 Å². The second-order valence-corrected chi connectivity index (χ2v) is 9.35. The van der Waals surface area contributed by atoms with Crippen LogP contribution in [0.1, 0.15) is 72.0 Å². The maximum Gasteiger partial charge on any atom is 1.00 e. The molecule has 0 amide bonds. The number of ketones is 1. The molecule has 0 saturated heterocycles. The quantitative estimate of drug-likeness (QED) is 0.292. The van der Waals surface area contributed by atoms with Crippen molar-refractivity contribution in [3.05, 3.63) is 11.6 Å². The van der Waals surface area contributed by atoms with Gasteiger partial charge in [-0.15, -0.1) is 0 Å². The molecule has 0 radical (unpaired) electrons. The Balaban J connectivity index is 0.00000272. The average Bonchev–Trinajstić information content (AvgIpc) is 2.87. The second kappa shape index (κ2) is 6.96. The van der Waals surface area contributed by atoms with Crippen LogP contribution in [0.5, 0.6) is 0 Å². The summed E-state index contributed by atoms with van der Waals surface area (Å²) < 4.78 is 80.4. The molecule has 6 atom stereocenters. The fraction of sp³-hybridized carbons (Fsp3) is 0.842. The first-order valence-electron chi connectivity index (χ1n) is 11.4. The minimum Gasteiger partial charge on any atom is -0.726 e. The number of hydrogen-bond donors (Lipinski definition) is 0. The molecule has 5 nitrogen and oxygen atoms in total. The van der Waals surface area contributed by atoms with Gasteiger partial charge >= 0.3 is 29.6 Å². The molecule has 0 spiro atoms. The van der Waals surface area contributed by atoms with E-state index in [1.807, 2.05) is 6.92 Å². The minimum absolute atomic E-state index is 0. The molecule has 4 aliphatic carbocycles. The summed E-state index contributed by atoms with van der Waals surface area (Å²) in [5.74, 6) is 0.411. The van der Waals surface area contributed by atoms with Crippen molar-refractivity contribution in [2.75, 3.05) is 0 Å². The van der Waals surface area contributed by atoms with Gasteiger partial charge in [0, 0.05) is 17.3 Å². The Morgan fingerprint density at radius 1 is 1.27 bits per heavy atom. The third kappa shape index (κ3) is 3.29. The summed E-state index contributed by atoms with van der Waals surface area (Å²) in [5.41, 5.74) is -1.23. The fourth-order valence-corrected chi connectivity index (χ4v) is 6.17. The first kappa shape index (κ1) is 15.2. The van der Waals surface area contributed by atoms with Gasteiger partial charge in [-0.2, -0.15) is 0 Å². The van der Waals surface area contributed by atoms with Gasteiger partial charge in [-0.25, -0.2) is 8.42 Å². The first-order chi connectivity index (χ1) is 13.5. The molecule has 0 aromatic rings. The van der Waals surface area contributed by atoms with Gasteiger partial charge in [0.1, 0.15) is 5.78 Å². The fourth-order valence-electron chi connectivity index (χ4n) is 5.87. The van der Waals surface area contributed by atoms with Crippen LogP contribution >= 0.6 is 0 Å². The van der Waals surface area contributed by atoms with Crippen molar-refractivity contribution in [1.29, 1.82) is 0 Å². The normalized spacial score (nSPS) is 54.6. The van der Waals surface area contributed by atoms with Crippen LogP contribution in [0.4, 0.5) is 0 Å². The smallest absolute Gasteiger partial charge is 0.726 e. The van der Waals surface area contributed by atoms with Gasteiger partial charge in [-0.1, -0.05) is 25.5 Å². The number of hydrogen-bond acceptors (Lipinski definition) is 5. The van der Waals surface area contributed by atoms with Gasteiger partial charge in [0.05, 0.1) is 7.45 Å². The van der Waals surface area contributed by atoms with E-state index in [1.165, 1.54) is 0 Å². The van der Waals surface area contributed by atoms with Crippen molar-refractivity contribution in [3.8, 4) is 0 Å². The SMILES string of the molecule is [2H]C1([2H])C[C@@]2(C)C(=CC[C@@H]3C2CC[C@]2(C)C(=O)CCC32)C([2H])([2H])[C@@]1([2H])OS(=O)(=O)[O-].[Na+]. The van der Waals surface area contributed by atoms with Crippen molar-refractivity contribution in [2.24, 2.45) is 28.6 Å². The molecule has 0 heterocycles. The monoisotopic (exact) mass is 395 g/mol. The van der Waals surface area contributed by atoms with E-state index < -0.39 is 40.1 Å². The number of allylic oxidation sites excluding steroid dienone is 1. The Labute approximate surface area is 185 Å². The van der Waals surface area contributed by atoms with E-state index in [4.69, 9.17) is 6.85 Å². The molecule has 3 fully saturated rings. The molecular weight excluding hydrogens is 363 g/mol. The van der Waals surface area contributed by atoms with Gasteiger partial charge in [0.2, 0.25) is 10.4 Å². The predicted molar refractivity (Wildman–Crippen MR) is 91.3 cm³/mol. The van der Waals surface area contributed by atoms with E-state index >= 15 is 0 Å². The summed E-state index contributed by atoms with van der Waals surface area (Å²) in [4.78, 5) is 12.5. The molecule has 0 N–H and O–H groups in total. The van der Waals surface area contributed by atoms with Crippen LogP contribution in [0, 0.1) is 28.6 Å². The number of rotatable bonds is 2. The summed E-state index contributed by atoms with van der Waals surface area (Å²) in [6, 6.07) is 0. The molecular formula is C19H27NaO5S. The number of carbonyl (C=O) groups excluding carboxylic acids is 1. The topological polar surface area (TPSA) is 83.5 Å². The van der Waals surface area contributed by atoms with Crippen LogP contribution in [0.25, 0.3) is 0 Å². The zero-order valence-corrected chi connectivity index (χ0v) is 18.3. The van der Waals surface area contributed by atoms with E-state index in [9.17, 15) is 17.8 Å². The minimum atomic E-state index is -5.51. The van der Waals surface area contributed by atoms with E-state index in [1.54, 1.807) is 13.0 Å². The van der Waals surface area contributed by atoms with Crippen LogP contribution < -0.4 is 29.6 Å². The first-order valence-corrected chi connectivity index (χ1v) is 10.2. The molecule has 0 aromatic carbocycles. The van der Waals surface area contributed by atoms with Crippen molar-refractivity contribution >= 4 is 16.2 Å². The number of Topliss-reactive ketones (excluding diaryl/α,β-unsaturated/α-hetero) is 1. The molecule has 3 saturated carbocycles. The molecule has 140 valence electrons. The van der Waals surface area contributed by atoms with Crippen molar-refractivity contribution in [1.82, 2.24) is 0 Å². The molecule has 26 heavy (non-hydrogen) atoms. The summed E-state index contributed by atoms with van der Waals surface area (Å²) in [6.07, 6.45) is -4.37. The summed E-state index contributed by atoms with van der Waals surface area (Å²) in [7, 11) is -5.51. The average molecular weight is 396 g/mol. The third-order valence-electron chi connectivity index (χ3n) is 7.22. The van der Waals surface area contributed by atoms with Crippen molar-refractivity contribution in [2.45, 2.75) is 71.2 Å². The molecule has 4 aliphatic rings. The van der Waals surface area contributed by atoms with E-state index in [2.05, 4.69) is 4.18 Å². The zero-order valence-electron chi connectivity index (χ0n) is 20.5. The van der Waals surface area contributed by atoms with Gasteiger partial charge in [0.15, 0.2) is 0 Å². The molecule has 2 unspecified atom stereocenters. The Hall–Kier alpha value is 0.280. The van der Waals surface area contributed by atoms with Crippen LogP contribution in [0.15, 0.2) is 11.6 Å². The van der Waals surface area contributed by atoms with Gasteiger partial charge < -0.3 is 4.55 Å². The summed E-state index contributed by atoms with van der Waals surface area (Å²) in [5, 5.41) is 0. The number of fused-ring (bicyclic) bond motifs is 5. The van der Waals surface area contributed by atoms with Crippen LogP contribution in [-0.2, 0) is 19.4 Å². The summed E-state index contributed by atoms with van der Waals surface area (Å²) in [6.45, 7) is 3.78. The zero-order chi connectivity index (χ0) is 22.5. The molecule has 0 aromatic heterocycles. The maximum absolute atomic E-state index is 12.5. The third-order valence-corrected chi connectivity index (χ3v) is 7.59. The van der Waals surface area contributed by atoms with E-state index in [0.29, 0.717) is 25.7 Å². The molecule has 4 rings (SSSR count). The van der Waals surface area contributed by atoms with Crippen LogP contribution in [0.3, 0.4) is 0 Å². The Morgan fingerprint density at radius 2 is 1.96 bits per heavy atom. The Morgan fingerprint density at radius 3 is 2.65 bits per heavy atom. The summed E-state index contributed by atoms with van der Waals surface area (Å²) >= 11 is 0. The van der Waals surface area contributed by atoms with Gasteiger partial charge in [-0.05, 0) is 68.0 Å². The molecule has 0 bridgehead atoms. The van der Waals surface area contributed by atoms with Gasteiger partial charge in [-0.3, -0.25) is 8.98 Å². The predicted octanol–water partition coefficient (Wildman–Crippen LogP) is 0.368.